The van der Waals surface area contributed by atoms with Crippen molar-refractivity contribution in [2.75, 3.05) is 5.73 Å². The van der Waals surface area contributed by atoms with Crippen LogP contribution in [0.1, 0.15) is 15.9 Å². The summed E-state index contributed by atoms with van der Waals surface area (Å²) >= 11 is 5.80. The highest BCUT2D eigenvalue weighted by Crippen LogP contribution is 2.22. The molecule has 0 bridgehead atoms. The third kappa shape index (κ3) is 2.26. The Hall–Kier alpha value is -1.94. The van der Waals surface area contributed by atoms with Crippen molar-refractivity contribution in [1.82, 2.24) is 4.98 Å². The average molecular weight is 251 g/mol. The number of nitrogens with two attached hydrogens (primary N) is 1. The fourth-order valence-corrected chi connectivity index (χ4v) is 1.65. The molecule has 17 heavy (non-hydrogen) atoms. The van der Waals surface area contributed by atoms with Crippen LogP contribution in [0.25, 0.3) is 0 Å². The van der Waals surface area contributed by atoms with Crippen molar-refractivity contribution in [2.24, 2.45) is 0 Å². The summed E-state index contributed by atoms with van der Waals surface area (Å²) in [5, 5.41) is 0.0758. The first kappa shape index (κ1) is 11.5. The molecule has 2 N–H and O–H groups in total. The average Bonchev–Trinajstić information content (AvgIpc) is 2.29. The molecule has 86 valence electrons. The Morgan fingerprint density at radius 1 is 1.29 bits per heavy atom. The quantitative estimate of drug-likeness (QED) is 0.834. The molecule has 5 heteroatoms. The number of aromatic nitrogens is 1. The Bertz CT molecular complexity index is 549. The topological polar surface area (TPSA) is 56.0 Å². The molecule has 1 heterocycles. The van der Waals surface area contributed by atoms with Gasteiger partial charge in [-0.05, 0) is 24.3 Å². The molecule has 0 fully saturated rings. The highest BCUT2D eigenvalue weighted by molar-refractivity contribution is 6.35. The second-order valence-corrected chi connectivity index (χ2v) is 3.80. The minimum atomic E-state index is -0.653. The van der Waals surface area contributed by atoms with E-state index in [1.807, 2.05) is 0 Å². The molecule has 0 aliphatic heterocycles. The van der Waals surface area contributed by atoms with E-state index in [-0.39, 0.29) is 16.1 Å². The lowest BCUT2D eigenvalue weighted by atomic mass is 10.0. The Morgan fingerprint density at radius 3 is 2.65 bits per heavy atom. The molecule has 0 aliphatic carbocycles. The van der Waals surface area contributed by atoms with Crippen LogP contribution in [-0.2, 0) is 0 Å². The molecule has 1 aromatic carbocycles. The predicted octanol–water partition coefficient (Wildman–Crippen LogP) is 2.69. The molecule has 0 atom stereocenters. The van der Waals surface area contributed by atoms with Crippen molar-refractivity contribution in [1.29, 1.82) is 0 Å². The zero-order chi connectivity index (χ0) is 12.4. The van der Waals surface area contributed by atoms with Gasteiger partial charge in [0.15, 0.2) is 5.78 Å². The van der Waals surface area contributed by atoms with Gasteiger partial charge in [-0.1, -0.05) is 17.7 Å². The molecule has 0 spiro atoms. The van der Waals surface area contributed by atoms with Crippen LogP contribution in [0.3, 0.4) is 0 Å². The third-order valence-corrected chi connectivity index (χ3v) is 2.55. The van der Waals surface area contributed by atoms with Crippen LogP contribution in [0, 0.1) is 5.82 Å². The van der Waals surface area contributed by atoms with Gasteiger partial charge in [0.05, 0.1) is 10.6 Å². The van der Waals surface area contributed by atoms with Gasteiger partial charge in [-0.25, -0.2) is 9.37 Å². The standard InChI is InChI=1S/C12H8ClFN2O/c13-8-2-1-3-9(14)11(8)12(17)7-4-5-10(15)16-6-7/h1-6H,(H2,15,16). The highest BCUT2D eigenvalue weighted by atomic mass is 35.5. The minimum Gasteiger partial charge on any atom is -0.384 e. The Balaban J connectivity index is 2.47. The van der Waals surface area contributed by atoms with Gasteiger partial charge in [-0.15, -0.1) is 0 Å². The number of halogens is 2. The number of hydrogen-bond acceptors (Lipinski definition) is 3. The van der Waals surface area contributed by atoms with E-state index in [0.29, 0.717) is 5.82 Å². The van der Waals surface area contributed by atoms with Gasteiger partial charge in [0.1, 0.15) is 11.6 Å². The zero-order valence-corrected chi connectivity index (χ0v) is 9.41. The lowest BCUT2D eigenvalue weighted by Gasteiger charge is -2.04. The van der Waals surface area contributed by atoms with Crippen LogP contribution < -0.4 is 5.73 Å². The number of hydrogen-bond donors (Lipinski definition) is 1. The second-order valence-electron chi connectivity index (χ2n) is 3.40. The molecule has 0 amide bonds. The summed E-state index contributed by atoms with van der Waals surface area (Å²) in [4.78, 5) is 15.8. The number of pyridine rings is 1. The maximum absolute atomic E-state index is 13.5. The van der Waals surface area contributed by atoms with Gasteiger partial charge in [0.25, 0.3) is 0 Å². The van der Waals surface area contributed by atoms with Crippen LogP contribution in [0.2, 0.25) is 5.02 Å². The van der Waals surface area contributed by atoms with E-state index in [9.17, 15) is 9.18 Å². The van der Waals surface area contributed by atoms with E-state index in [1.54, 1.807) is 0 Å². The van der Waals surface area contributed by atoms with E-state index in [1.165, 1.54) is 36.5 Å². The molecule has 0 unspecified atom stereocenters. The van der Waals surface area contributed by atoms with E-state index in [2.05, 4.69) is 4.98 Å². The number of nitrogen functional groups attached to an aromatic ring is 1. The van der Waals surface area contributed by atoms with Gasteiger partial charge < -0.3 is 5.73 Å². The van der Waals surface area contributed by atoms with E-state index in [4.69, 9.17) is 17.3 Å². The number of benzene rings is 1. The van der Waals surface area contributed by atoms with Gasteiger partial charge in [0, 0.05) is 11.8 Å². The number of carbonyl (C=O) groups is 1. The SMILES string of the molecule is Nc1ccc(C(=O)c2c(F)cccc2Cl)cn1. The summed E-state index contributed by atoms with van der Waals surface area (Å²) in [5.74, 6) is -0.874. The van der Waals surface area contributed by atoms with Crippen molar-refractivity contribution >= 4 is 23.2 Å². The van der Waals surface area contributed by atoms with Crippen molar-refractivity contribution in [3.63, 3.8) is 0 Å². The number of carbonyl (C=O) groups excluding carboxylic acids is 1. The van der Waals surface area contributed by atoms with Crippen molar-refractivity contribution in [3.8, 4) is 0 Å². The van der Waals surface area contributed by atoms with Crippen molar-refractivity contribution < 1.29 is 9.18 Å². The molecule has 0 radical (unpaired) electrons. The Kier molecular flexibility index (Phi) is 3.06. The Labute approximate surface area is 102 Å². The maximum Gasteiger partial charge on any atom is 0.199 e. The smallest absolute Gasteiger partial charge is 0.199 e. The molecule has 2 aromatic rings. The largest absolute Gasteiger partial charge is 0.384 e. The van der Waals surface area contributed by atoms with E-state index in [0.717, 1.165) is 0 Å². The summed E-state index contributed by atoms with van der Waals surface area (Å²) < 4.78 is 13.5. The maximum atomic E-state index is 13.5. The minimum absolute atomic E-state index is 0.0758. The van der Waals surface area contributed by atoms with Crippen LogP contribution in [-0.4, -0.2) is 10.8 Å². The van der Waals surface area contributed by atoms with Gasteiger partial charge in [0.2, 0.25) is 0 Å². The summed E-state index contributed by atoms with van der Waals surface area (Å²) in [6.45, 7) is 0. The van der Waals surface area contributed by atoms with Crippen molar-refractivity contribution in [3.05, 3.63) is 58.5 Å². The number of anilines is 1. The second kappa shape index (κ2) is 4.51. The zero-order valence-electron chi connectivity index (χ0n) is 8.65. The lowest BCUT2D eigenvalue weighted by Crippen LogP contribution is -2.06. The third-order valence-electron chi connectivity index (χ3n) is 2.24. The summed E-state index contributed by atoms with van der Waals surface area (Å²) in [7, 11) is 0. The van der Waals surface area contributed by atoms with Crippen LogP contribution >= 0.6 is 11.6 Å². The molecular formula is C12H8ClFN2O. The van der Waals surface area contributed by atoms with Gasteiger partial charge in [-0.3, -0.25) is 4.79 Å². The van der Waals surface area contributed by atoms with Gasteiger partial charge in [-0.2, -0.15) is 0 Å². The summed E-state index contributed by atoms with van der Waals surface area (Å²) in [6, 6.07) is 7.04. The summed E-state index contributed by atoms with van der Waals surface area (Å²) in [6.07, 6.45) is 1.29. The van der Waals surface area contributed by atoms with Crippen LogP contribution in [0.15, 0.2) is 36.5 Å². The first-order valence-corrected chi connectivity index (χ1v) is 5.17. The summed E-state index contributed by atoms with van der Waals surface area (Å²) in [5.41, 5.74) is 5.49. The Morgan fingerprint density at radius 2 is 2.06 bits per heavy atom. The van der Waals surface area contributed by atoms with Crippen LogP contribution in [0.5, 0.6) is 0 Å². The predicted molar refractivity (Wildman–Crippen MR) is 63.5 cm³/mol. The lowest BCUT2D eigenvalue weighted by molar-refractivity contribution is 0.103. The number of ketones is 1. The first-order valence-electron chi connectivity index (χ1n) is 4.80. The molecule has 2 rings (SSSR count). The van der Waals surface area contributed by atoms with E-state index >= 15 is 0 Å². The number of rotatable bonds is 2. The molecule has 0 saturated heterocycles. The fourth-order valence-electron chi connectivity index (χ4n) is 1.40. The van der Waals surface area contributed by atoms with Crippen LogP contribution in [0.4, 0.5) is 10.2 Å². The van der Waals surface area contributed by atoms with E-state index < -0.39 is 11.6 Å². The first-order chi connectivity index (χ1) is 8.09. The monoisotopic (exact) mass is 250 g/mol. The molecule has 0 aliphatic rings. The normalized spacial score (nSPS) is 10.2. The van der Waals surface area contributed by atoms with Gasteiger partial charge >= 0.3 is 0 Å². The molecule has 0 saturated carbocycles. The molecular weight excluding hydrogens is 243 g/mol. The fraction of sp³-hybridized carbons (Fsp3) is 0. The molecule has 1 aromatic heterocycles. The van der Waals surface area contributed by atoms with Crippen molar-refractivity contribution in [2.45, 2.75) is 0 Å². The molecule has 3 nitrogen and oxygen atoms in total. The highest BCUT2D eigenvalue weighted by Gasteiger charge is 2.17. The number of nitrogens with zero attached hydrogens (tertiary/aromatic N) is 1.